The average Bonchev–Trinajstić information content (AvgIpc) is 3.18. The van der Waals surface area contributed by atoms with E-state index >= 15 is 0 Å². The minimum atomic E-state index is 0.0171. The molecule has 0 radical (unpaired) electrons. The Morgan fingerprint density at radius 3 is 2.61 bits per heavy atom. The number of hydrogen-bond donors (Lipinski definition) is 0. The molecule has 2 aromatic carbocycles. The van der Waals surface area contributed by atoms with Crippen LogP contribution in [0, 0.1) is 0 Å². The van der Waals surface area contributed by atoms with E-state index in [1.807, 2.05) is 47.8 Å². The molecule has 4 nitrogen and oxygen atoms in total. The number of aromatic nitrogens is 2. The Bertz CT molecular complexity index is 1120. The summed E-state index contributed by atoms with van der Waals surface area (Å²) in [5, 5.41) is 2.71. The number of ether oxygens (including phenoxy) is 1. The topological polar surface area (TPSA) is 44.1 Å². The van der Waals surface area contributed by atoms with Gasteiger partial charge in [-0.2, -0.15) is 0 Å². The summed E-state index contributed by atoms with van der Waals surface area (Å²) in [6, 6.07) is 18.1. The van der Waals surface area contributed by atoms with Crippen LogP contribution in [0.4, 0.5) is 0 Å². The fraction of sp³-hybridized carbons (Fsp3) is 0.217. The largest absolute Gasteiger partial charge is 0.494 e. The number of rotatable bonds is 7. The van der Waals surface area contributed by atoms with Crippen LogP contribution in [0.3, 0.4) is 0 Å². The molecule has 28 heavy (non-hydrogen) atoms. The highest BCUT2D eigenvalue weighted by atomic mass is 32.1. The molecule has 0 aliphatic carbocycles. The van der Waals surface area contributed by atoms with Crippen LogP contribution < -0.4 is 10.3 Å². The molecule has 0 unspecified atom stereocenters. The smallest absolute Gasteiger partial charge is 0.262 e. The van der Waals surface area contributed by atoms with Crippen molar-refractivity contribution in [2.45, 2.75) is 26.3 Å². The minimum Gasteiger partial charge on any atom is -0.494 e. The zero-order chi connectivity index (χ0) is 19.3. The van der Waals surface area contributed by atoms with Gasteiger partial charge in [-0.05, 0) is 36.1 Å². The molecule has 2 heterocycles. The van der Waals surface area contributed by atoms with Gasteiger partial charge in [-0.1, -0.05) is 49.4 Å². The quantitative estimate of drug-likeness (QED) is 0.438. The third-order valence-electron chi connectivity index (χ3n) is 4.68. The van der Waals surface area contributed by atoms with Gasteiger partial charge in [0.2, 0.25) is 0 Å². The Hall–Kier alpha value is -2.92. The lowest BCUT2D eigenvalue weighted by molar-refractivity contribution is 0.317. The highest BCUT2D eigenvalue weighted by molar-refractivity contribution is 7.17. The second kappa shape index (κ2) is 8.40. The van der Waals surface area contributed by atoms with Gasteiger partial charge in [0.25, 0.3) is 5.56 Å². The van der Waals surface area contributed by atoms with Crippen LogP contribution in [-0.4, -0.2) is 16.2 Å². The Kier molecular flexibility index (Phi) is 5.53. The minimum absolute atomic E-state index is 0.0171. The Balaban J connectivity index is 1.64. The summed E-state index contributed by atoms with van der Waals surface area (Å²) < 4.78 is 7.37. The molecule has 0 spiro atoms. The van der Waals surface area contributed by atoms with E-state index in [0.717, 1.165) is 34.5 Å². The molecular weight excluding hydrogens is 368 g/mol. The van der Waals surface area contributed by atoms with E-state index in [0.29, 0.717) is 18.5 Å². The molecule has 2 aromatic heterocycles. The lowest BCUT2D eigenvalue weighted by Gasteiger charge is -2.07. The van der Waals surface area contributed by atoms with Crippen molar-refractivity contribution in [1.29, 1.82) is 0 Å². The van der Waals surface area contributed by atoms with E-state index in [2.05, 4.69) is 24.0 Å². The molecule has 142 valence electrons. The zero-order valence-corrected chi connectivity index (χ0v) is 16.6. The van der Waals surface area contributed by atoms with Crippen LogP contribution >= 0.6 is 11.3 Å². The molecule has 5 heteroatoms. The standard InChI is InChI=1S/C23H22N2O2S/c1-2-14-27-19-10-8-18(9-11-19)20-15-28-22-21(20)23(26)25(16-24-22)13-12-17-6-4-3-5-7-17/h3-11,15-16H,2,12-14H2,1H3. The van der Waals surface area contributed by atoms with Crippen molar-refractivity contribution in [3.8, 4) is 16.9 Å². The van der Waals surface area contributed by atoms with Gasteiger partial charge in [0.05, 0.1) is 18.3 Å². The molecular formula is C23H22N2O2S. The van der Waals surface area contributed by atoms with Crippen molar-refractivity contribution in [1.82, 2.24) is 9.55 Å². The monoisotopic (exact) mass is 390 g/mol. The number of benzene rings is 2. The molecule has 0 atom stereocenters. The number of thiophene rings is 1. The van der Waals surface area contributed by atoms with Crippen molar-refractivity contribution in [3.05, 3.63) is 82.2 Å². The summed E-state index contributed by atoms with van der Waals surface area (Å²) >= 11 is 1.51. The van der Waals surface area contributed by atoms with Crippen molar-refractivity contribution >= 4 is 21.6 Å². The summed E-state index contributed by atoms with van der Waals surface area (Å²) in [5.74, 6) is 0.850. The van der Waals surface area contributed by atoms with Crippen molar-refractivity contribution < 1.29 is 4.74 Å². The Morgan fingerprint density at radius 1 is 1.07 bits per heavy atom. The molecule has 0 saturated heterocycles. The first kappa shape index (κ1) is 18.4. The molecule has 0 saturated carbocycles. The summed E-state index contributed by atoms with van der Waals surface area (Å²) in [5.41, 5.74) is 3.18. The predicted molar refractivity (Wildman–Crippen MR) is 115 cm³/mol. The van der Waals surface area contributed by atoms with Crippen molar-refractivity contribution in [2.75, 3.05) is 6.61 Å². The summed E-state index contributed by atoms with van der Waals surface area (Å²) in [6.45, 7) is 3.41. The molecule has 0 aliphatic heterocycles. The summed E-state index contributed by atoms with van der Waals surface area (Å²) in [4.78, 5) is 18.4. The van der Waals surface area contributed by atoms with Crippen LogP contribution in [-0.2, 0) is 13.0 Å². The van der Waals surface area contributed by atoms with Crippen LogP contribution in [0.5, 0.6) is 5.75 Å². The number of fused-ring (bicyclic) bond motifs is 1. The lowest BCUT2D eigenvalue weighted by atomic mass is 10.1. The van der Waals surface area contributed by atoms with E-state index in [1.165, 1.54) is 16.9 Å². The highest BCUT2D eigenvalue weighted by Gasteiger charge is 2.13. The van der Waals surface area contributed by atoms with Crippen LogP contribution in [0.25, 0.3) is 21.3 Å². The van der Waals surface area contributed by atoms with Crippen LogP contribution in [0.15, 0.2) is 71.1 Å². The second-order valence-corrected chi connectivity index (χ2v) is 7.54. The van der Waals surface area contributed by atoms with Gasteiger partial charge >= 0.3 is 0 Å². The SMILES string of the molecule is CCCOc1ccc(-c2csc3ncn(CCc4ccccc4)c(=O)c23)cc1. The first-order chi connectivity index (χ1) is 13.8. The van der Waals surface area contributed by atoms with E-state index in [1.54, 1.807) is 10.9 Å². The average molecular weight is 391 g/mol. The van der Waals surface area contributed by atoms with Gasteiger partial charge in [0, 0.05) is 17.5 Å². The van der Waals surface area contributed by atoms with E-state index in [4.69, 9.17) is 4.74 Å². The number of nitrogens with zero attached hydrogens (tertiary/aromatic N) is 2. The molecule has 0 aliphatic rings. The third-order valence-corrected chi connectivity index (χ3v) is 5.57. The molecule has 0 N–H and O–H groups in total. The van der Waals surface area contributed by atoms with Gasteiger partial charge in [-0.15, -0.1) is 11.3 Å². The van der Waals surface area contributed by atoms with Gasteiger partial charge in [0.15, 0.2) is 0 Å². The van der Waals surface area contributed by atoms with Crippen molar-refractivity contribution in [3.63, 3.8) is 0 Å². The normalized spacial score (nSPS) is 11.0. The third kappa shape index (κ3) is 3.85. The maximum Gasteiger partial charge on any atom is 0.262 e. The maximum absolute atomic E-state index is 13.1. The molecule has 0 amide bonds. The molecule has 0 fully saturated rings. The fourth-order valence-electron chi connectivity index (χ4n) is 3.18. The van der Waals surface area contributed by atoms with Gasteiger partial charge < -0.3 is 4.74 Å². The van der Waals surface area contributed by atoms with E-state index in [9.17, 15) is 4.79 Å². The van der Waals surface area contributed by atoms with Crippen LogP contribution in [0.2, 0.25) is 0 Å². The van der Waals surface area contributed by atoms with E-state index < -0.39 is 0 Å². The van der Waals surface area contributed by atoms with Gasteiger partial charge in [0.1, 0.15) is 10.6 Å². The summed E-state index contributed by atoms with van der Waals surface area (Å²) in [7, 11) is 0. The first-order valence-electron chi connectivity index (χ1n) is 9.50. The molecule has 4 rings (SSSR count). The molecule has 4 aromatic rings. The highest BCUT2D eigenvalue weighted by Crippen LogP contribution is 2.31. The van der Waals surface area contributed by atoms with E-state index in [-0.39, 0.29) is 5.56 Å². The predicted octanol–water partition coefficient (Wildman–Crippen LogP) is 5.16. The lowest BCUT2D eigenvalue weighted by Crippen LogP contribution is -2.21. The zero-order valence-electron chi connectivity index (χ0n) is 15.8. The number of aryl methyl sites for hydroxylation is 2. The second-order valence-electron chi connectivity index (χ2n) is 6.68. The first-order valence-corrected chi connectivity index (χ1v) is 10.4. The summed E-state index contributed by atoms with van der Waals surface area (Å²) in [6.07, 6.45) is 3.44. The number of hydrogen-bond acceptors (Lipinski definition) is 4. The van der Waals surface area contributed by atoms with Crippen molar-refractivity contribution in [2.24, 2.45) is 0 Å². The Morgan fingerprint density at radius 2 is 1.86 bits per heavy atom. The Labute approximate surface area is 168 Å². The maximum atomic E-state index is 13.1. The van der Waals surface area contributed by atoms with Crippen LogP contribution in [0.1, 0.15) is 18.9 Å². The van der Waals surface area contributed by atoms with Gasteiger partial charge in [-0.3, -0.25) is 9.36 Å². The molecule has 0 bridgehead atoms. The fourth-order valence-corrected chi connectivity index (χ4v) is 4.09. The van der Waals surface area contributed by atoms with Gasteiger partial charge in [-0.25, -0.2) is 4.98 Å².